The van der Waals surface area contributed by atoms with Gasteiger partial charge in [0.05, 0.1) is 4.92 Å². The zero-order valence-electron chi connectivity index (χ0n) is 16.4. The molecule has 156 valence electrons. The van der Waals surface area contributed by atoms with Crippen molar-refractivity contribution in [2.45, 2.75) is 6.54 Å². The van der Waals surface area contributed by atoms with Crippen molar-refractivity contribution in [1.82, 2.24) is 10.6 Å². The largest absolute Gasteiger partial charge is 0.398 e. The van der Waals surface area contributed by atoms with Crippen LogP contribution in [0, 0.1) is 10.1 Å². The Kier molecular flexibility index (Phi) is 6.74. The molecule has 3 aromatic carbocycles. The maximum Gasteiger partial charge on any atom is 0.269 e. The van der Waals surface area contributed by atoms with Gasteiger partial charge in [-0.05, 0) is 47.5 Å². The second-order valence-electron chi connectivity index (χ2n) is 6.61. The molecule has 31 heavy (non-hydrogen) atoms. The number of nitro benzene ring substituents is 1. The van der Waals surface area contributed by atoms with Gasteiger partial charge in [-0.2, -0.15) is 0 Å². The van der Waals surface area contributed by atoms with Crippen LogP contribution >= 0.6 is 0 Å². The van der Waals surface area contributed by atoms with Crippen LogP contribution in [0.2, 0.25) is 0 Å². The molecule has 0 radical (unpaired) electrons. The Balaban J connectivity index is 1.83. The van der Waals surface area contributed by atoms with Crippen LogP contribution in [-0.2, 0) is 11.3 Å². The predicted octanol–water partition coefficient (Wildman–Crippen LogP) is 3.26. The SMILES string of the molecule is Nc1ccccc1CNC(=O)C(=Cc1ccc([N+](=O)[O-])cc1)NC(=O)c1ccccc1. The first-order chi connectivity index (χ1) is 14.9. The Morgan fingerprint density at radius 3 is 2.23 bits per heavy atom. The van der Waals surface area contributed by atoms with Gasteiger partial charge in [-0.1, -0.05) is 36.4 Å². The average Bonchev–Trinajstić information content (AvgIpc) is 2.78. The Morgan fingerprint density at radius 2 is 1.58 bits per heavy atom. The first-order valence-electron chi connectivity index (χ1n) is 9.38. The van der Waals surface area contributed by atoms with Gasteiger partial charge < -0.3 is 16.4 Å². The summed E-state index contributed by atoms with van der Waals surface area (Å²) in [5, 5.41) is 16.2. The third kappa shape index (κ3) is 5.77. The number of nitrogens with two attached hydrogens (primary N) is 1. The zero-order chi connectivity index (χ0) is 22.2. The first-order valence-corrected chi connectivity index (χ1v) is 9.38. The number of non-ortho nitro benzene ring substituents is 1. The molecule has 2 amide bonds. The highest BCUT2D eigenvalue weighted by atomic mass is 16.6. The Labute approximate surface area is 178 Å². The Morgan fingerprint density at radius 1 is 0.935 bits per heavy atom. The fraction of sp³-hybridized carbons (Fsp3) is 0.0435. The number of amides is 2. The van der Waals surface area contributed by atoms with E-state index in [1.165, 1.54) is 30.3 Å². The molecule has 0 aliphatic heterocycles. The quantitative estimate of drug-likeness (QED) is 0.236. The number of hydrogen-bond donors (Lipinski definition) is 3. The van der Waals surface area contributed by atoms with Crippen LogP contribution in [0.4, 0.5) is 11.4 Å². The summed E-state index contributed by atoms with van der Waals surface area (Å²) in [5.41, 5.74) is 8.01. The highest BCUT2D eigenvalue weighted by Gasteiger charge is 2.15. The standard InChI is InChI=1S/C23H20N4O4/c24-20-9-5-4-8-18(20)15-25-23(29)21(26-22(28)17-6-2-1-3-7-17)14-16-10-12-19(13-11-16)27(30)31/h1-14H,15,24H2,(H,25,29)(H,26,28). The van der Waals surface area contributed by atoms with Gasteiger partial charge in [0, 0.05) is 29.9 Å². The Hall–Kier alpha value is -4.46. The Bertz CT molecular complexity index is 1130. The van der Waals surface area contributed by atoms with Gasteiger partial charge in [-0.15, -0.1) is 0 Å². The minimum absolute atomic E-state index is 0.00258. The third-order valence-electron chi connectivity index (χ3n) is 4.44. The van der Waals surface area contributed by atoms with E-state index < -0.39 is 16.7 Å². The van der Waals surface area contributed by atoms with Gasteiger partial charge in [-0.3, -0.25) is 19.7 Å². The smallest absolute Gasteiger partial charge is 0.269 e. The topological polar surface area (TPSA) is 127 Å². The molecule has 0 unspecified atom stereocenters. The molecule has 0 bridgehead atoms. The molecular weight excluding hydrogens is 396 g/mol. The fourth-order valence-corrected chi connectivity index (χ4v) is 2.77. The van der Waals surface area contributed by atoms with Crippen LogP contribution in [-0.4, -0.2) is 16.7 Å². The summed E-state index contributed by atoms with van der Waals surface area (Å²) >= 11 is 0. The zero-order valence-corrected chi connectivity index (χ0v) is 16.4. The molecule has 3 aromatic rings. The number of carbonyl (C=O) groups is 2. The summed E-state index contributed by atoms with van der Waals surface area (Å²) in [6.45, 7) is 0.171. The van der Waals surface area contributed by atoms with E-state index in [4.69, 9.17) is 5.73 Å². The minimum atomic E-state index is -0.522. The molecule has 3 rings (SSSR count). The third-order valence-corrected chi connectivity index (χ3v) is 4.44. The fourth-order valence-electron chi connectivity index (χ4n) is 2.77. The van der Waals surface area contributed by atoms with E-state index in [1.54, 1.807) is 48.5 Å². The van der Waals surface area contributed by atoms with E-state index in [1.807, 2.05) is 6.07 Å². The van der Waals surface area contributed by atoms with Crippen molar-refractivity contribution >= 4 is 29.3 Å². The lowest BCUT2D eigenvalue weighted by molar-refractivity contribution is -0.384. The highest BCUT2D eigenvalue weighted by Crippen LogP contribution is 2.15. The normalized spacial score (nSPS) is 10.9. The number of carbonyl (C=O) groups excluding carboxylic acids is 2. The molecule has 0 fully saturated rings. The summed E-state index contributed by atoms with van der Waals surface area (Å²) < 4.78 is 0. The van der Waals surface area contributed by atoms with E-state index in [2.05, 4.69) is 10.6 Å². The van der Waals surface area contributed by atoms with Gasteiger partial charge >= 0.3 is 0 Å². The number of benzene rings is 3. The minimum Gasteiger partial charge on any atom is -0.398 e. The summed E-state index contributed by atoms with van der Waals surface area (Å²) in [7, 11) is 0. The van der Waals surface area contributed by atoms with E-state index in [0.717, 1.165) is 5.56 Å². The predicted molar refractivity (Wildman–Crippen MR) is 118 cm³/mol. The molecule has 0 aliphatic rings. The molecule has 0 heterocycles. The second kappa shape index (κ2) is 9.84. The summed E-state index contributed by atoms with van der Waals surface area (Å²) in [6.07, 6.45) is 1.45. The number of nitrogens with zero attached hydrogens (tertiary/aromatic N) is 1. The lowest BCUT2D eigenvalue weighted by atomic mass is 10.1. The molecule has 0 aromatic heterocycles. The second-order valence-corrected chi connectivity index (χ2v) is 6.61. The van der Waals surface area contributed by atoms with E-state index in [9.17, 15) is 19.7 Å². The number of nitrogens with one attached hydrogen (secondary N) is 2. The highest BCUT2D eigenvalue weighted by molar-refractivity contribution is 6.05. The lowest BCUT2D eigenvalue weighted by Crippen LogP contribution is -2.34. The van der Waals surface area contributed by atoms with Gasteiger partial charge in [0.15, 0.2) is 0 Å². The molecule has 0 saturated heterocycles. The molecule has 4 N–H and O–H groups in total. The van der Waals surface area contributed by atoms with Crippen molar-refractivity contribution in [2.75, 3.05) is 5.73 Å². The van der Waals surface area contributed by atoms with Crippen LogP contribution in [0.25, 0.3) is 6.08 Å². The number of hydrogen-bond acceptors (Lipinski definition) is 5. The number of nitrogen functional groups attached to an aromatic ring is 1. The molecule has 0 aliphatic carbocycles. The van der Waals surface area contributed by atoms with Crippen molar-refractivity contribution in [2.24, 2.45) is 0 Å². The molecule has 0 saturated carbocycles. The van der Waals surface area contributed by atoms with Crippen LogP contribution in [0.1, 0.15) is 21.5 Å². The molecule has 8 heteroatoms. The maximum atomic E-state index is 12.8. The van der Waals surface area contributed by atoms with E-state index >= 15 is 0 Å². The van der Waals surface area contributed by atoms with Crippen LogP contribution in [0.3, 0.4) is 0 Å². The number of rotatable bonds is 7. The van der Waals surface area contributed by atoms with Crippen LogP contribution < -0.4 is 16.4 Å². The lowest BCUT2D eigenvalue weighted by Gasteiger charge is -2.12. The van der Waals surface area contributed by atoms with Gasteiger partial charge in [0.25, 0.3) is 17.5 Å². The van der Waals surface area contributed by atoms with Gasteiger partial charge in [0.1, 0.15) is 5.70 Å². The number of nitro groups is 1. The van der Waals surface area contributed by atoms with Crippen LogP contribution in [0.5, 0.6) is 0 Å². The van der Waals surface area contributed by atoms with Gasteiger partial charge in [-0.25, -0.2) is 0 Å². The summed E-state index contributed by atoms with van der Waals surface area (Å²) in [6, 6.07) is 21.2. The van der Waals surface area contributed by atoms with E-state index in [-0.39, 0.29) is 17.9 Å². The average molecular weight is 416 g/mol. The molecule has 8 nitrogen and oxygen atoms in total. The monoisotopic (exact) mass is 416 g/mol. The summed E-state index contributed by atoms with van der Waals surface area (Å²) in [5.74, 6) is -0.978. The summed E-state index contributed by atoms with van der Waals surface area (Å²) in [4.78, 5) is 35.8. The van der Waals surface area contributed by atoms with Crippen molar-refractivity contribution in [1.29, 1.82) is 0 Å². The molecule has 0 atom stereocenters. The number of anilines is 1. The van der Waals surface area contributed by atoms with Crippen molar-refractivity contribution < 1.29 is 14.5 Å². The van der Waals surface area contributed by atoms with Crippen LogP contribution in [0.15, 0.2) is 84.6 Å². The number of para-hydroxylation sites is 1. The molecule has 0 spiro atoms. The first kappa shape index (κ1) is 21.3. The van der Waals surface area contributed by atoms with E-state index in [0.29, 0.717) is 16.8 Å². The van der Waals surface area contributed by atoms with Crippen molar-refractivity contribution in [3.63, 3.8) is 0 Å². The van der Waals surface area contributed by atoms with Crippen molar-refractivity contribution in [3.05, 3.63) is 111 Å². The van der Waals surface area contributed by atoms with Crippen molar-refractivity contribution in [3.8, 4) is 0 Å². The van der Waals surface area contributed by atoms with Gasteiger partial charge in [0.2, 0.25) is 0 Å². The molecular formula is C23H20N4O4. The maximum absolute atomic E-state index is 12.8.